The van der Waals surface area contributed by atoms with Crippen LogP contribution in [-0.4, -0.2) is 30.6 Å². The van der Waals surface area contributed by atoms with Gasteiger partial charge in [0.2, 0.25) is 0 Å². The molecule has 0 saturated heterocycles. The standard InChI is InChI=1S/C9H11N7O/c1-5(10)9-14-4-15-16(9)7-3-12-6(2-13-7)8(11)17/h2-5H,10H2,1H3,(H2,11,17)/t5-/m0/s1. The van der Waals surface area contributed by atoms with Crippen LogP contribution in [0.3, 0.4) is 0 Å². The molecule has 0 aliphatic carbocycles. The molecule has 0 aliphatic heterocycles. The van der Waals surface area contributed by atoms with Gasteiger partial charge in [0.05, 0.1) is 18.4 Å². The number of carbonyl (C=O) groups excluding carboxylic acids is 1. The molecule has 0 saturated carbocycles. The molecule has 0 aromatic carbocycles. The normalized spacial score (nSPS) is 12.4. The lowest BCUT2D eigenvalue weighted by Crippen LogP contribution is -2.16. The van der Waals surface area contributed by atoms with Crippen LogP contribution in [0.4, 0.5) is 0 Å². The van der Waals surface area contributed by atoms with Crippen molar-refractivity contribution >= 4 is 5.91 Å². The van der Waals surface area contributed by atoms with Crippen molar-refractivity contribution in [2.45, 2.75) is 13.0 Å². The Hall–Kier alpha value is -2.35. The van der Waals surface area contributed by atoms with Gasteiger partial charge >= 0.3 is 0 Å². The molecule has 0 aliphatic rings. The Morgan fingerprint density at radius 3 is 2.65 bits per heavy atom. The number of hydrogen-bond donors (Lipinski definition) is 2. The number of carbonyl (C=O) groups is 1. The largest absolute Gasteiger partial charge is 0.364 e. The van der Waals surface area contributed by atoms with E-state index >= 15 is 0 Å². The highest BCUT2D eigenvalue weighted by atomic mass is 16.1. The fourth-order valence-electron chi connectivity index (χ4n) is 1.30. The summed E-state index contributed by atoms with van der Waals surface area (Å²) in [5.41, 5.74) is 10.9. The van der Waals surface area contributed by atoms with Crippen molar-refractivity contribution in [3.05, 3.63) is 30.2 Å². The maximum absolute atomic E-state index is 10.8. The second-order valence-electron chi connectivity index (χ2n) is 3.44. The molecule has 17 heavy (non-hydrogen) atoms. The van der Waals surface area contributed by atoms with E-state index in [4.69, 9.17) is 11.5 Å². The van der Waals surface area contributed by atoms with Crippen LogP contribution in [0.2, 0.25) is 0 Å². The van der Waals surface area contributed by atoms with Crippen LogP contribution in [0.5, 0.6) is 0 Å². The summed E-state index contributed by atoms with van der Waals surface area (Å²) >= 11 is 0. The van der Waals surface area contributed by atoms with Gasteiger partial charge in [-0.05, 0) is 6.92 Å². The van der Waals surface area contributed by atoms with E-state index in [1.807, 2.05) is 0 Å². The lowest BCUT2D eigenvalue weighted by atomic mass is 10.3. The summed E-state index contributed by atoms with van der Waals surface area (Å²) in [6.07, 6.45) is 4.05. The number of amides is 1. The molecule has 0 fully saturated rings. The molecular weight excluding hydrogens is 222 g/mol. The number of hydrogen-bond acceptors (Lipinski definition) is 6. The minimum atomic E-state index is -0.630. The summed E-state index contributed by atoms with van der Waals surface area (Å²) in [5, 5.41) is 3.99. The maximum atomic E-state index is 10.8. The third kappa shape index (κ3) is 2.11. The van der Waals surface area contributed by atoms with Gasteiger partial charge in [-0.2, -0.15) is 9.78 Å². The summed E-state index contributed by atoms with van der Waals surface area (Å²) in [5.74, 6) is 0.362. The van der Waals surface area contributed by atoms with Gasteiger partial charge in [-0.3, -0.25) is 4.79 Å². The molecule has 88 valence electrons. The van der Waals surface area contributed by atoms with Gasteiger partial charge in [0.1, 0.15) is 12.0 Å². The Labute approximate surface area is 96.7 Å². The molecule has 8 heteroatoms. The average molecular weight is 233 g/mol. The summed E-state index contributed by atoms with van der Waals surface area (Å²) in [6.45, 7) is 1.78. The number of nitrogens with two attached hydrogens (primary N) is 2. The molecular formula is C9H11N7O. The molecule has 2 rings (SSSR count). The highest BCUT2D eigenvalue weighted by molar-refractivity contribution is 5.90. The van der Waals surface area contributed by atoms with E-state index in [0.717, 1.165) is 0 Å². The lowest BCUT2D eigenvalue weighted by molar-refractivity contribution is 0.0995. The predicted octanol–water partition coefficient (Wildman–Crippen LogP) is -0.824. The van der Waals surface area contributed by atoms with E-state index in [0.29, 0.717) is 11.6 Å². The van der Waals surface area contributed by atoms with Gasteiger partial charge in [-0.1, -0.05) is 0 Å². The molecule has 2 heterocycles. The average Bonchev–Trinajstić information content (AvgIpc) is 2.78. The highest BCUT2D eigenvalue weighted by Crippen LogP contribution is 2.09. The molecule has 4 N–H and O–H groups in total. The Morgan fingerprint density at radius 2 is 2.12 bits per heavy atom. The third-order valence-corrected chi connectivity index (χ3v) is 2.09. The van der Waals surface area contributed by atoms with E-state index < -0.39 is 5.91 Å². The number of rotatable bonds is 3. The summed E-state index contributed by atoms with van der Waals surface area (Å²) in [4.78, 5) is 22.8. The molecule has 0 unspecified atom stereocenters. The SMILES string of the molecule is C[C@H](N)c1ncnn1-c1cnc(C(N)=O)cn1. The minimum absolute atomic E-state index is 0.0937. The molecule has 1 amide bonds. The summed E-state index contributed by atoms with van der Waals surface area (Å²) in [6, 6.07) is -0.282. The van der Waals surface area contributed by atoms with Crippen LogP contribution in [0.25, 0.3) is 5.82 Å². The van der Waals surface area contributed by atoms with Crippen molar-refractivity contribution in [1.29, 1.82) is 0 Å². The van der Waals surface area contributed by atoms with Crippen molar-refractivity contribution in [1.82, 2.24) is 24.7 Å². The second kappa shape index (κ2) is 4.26. The van der Waals surface area contributed by atoms with Gasteiger partial charge in [0, 0.05) is 0 Å². The van der Waals surface area contributed by atoms with Crippen LogP contribution in [-0.2, 0) is 0 Å². The zero-order valence-corrected chi connectivity index (χ0v) is 9.11. The van der Waals surface area contributed by atoms with Gasteiger partial charge in [0.25, 0.3) is 5.91 Å². The van der Waals surface area contributed by atoms with Crippen molar-refractivity contribution < 1.29 is 4.79 Å². The van der Waals surface area contributed by atoms with Gasteiger partial charge in [0.15, 0.2) is 11.6 Å². The molecule has 2 aromatic rings. The molecule has 8 nitrogen and oxygen atoms in total. The Bertz CT molecular complexity index is 531. The van der Waals surface area contributed by atoms with Crippen LogP contribution < -0.4 is 11.5 Å². The first-order valence-corrected chi connectivity index (χ1v) is 4.87. The first-order chi connectivity index (χ1) is 8.09. The minimum Gasteiger partial charge on any atom is -0.364 e. The fraction of sp³-hybridized carbons (Fsp3) is 0.222. The summed E-state index contributed by atoms with van der Waals surface area (Å²) in [7, 11) is 0. The quantitative estimate of drug-likeness (QED) is 0.713. The number of aromatic nitrogens is 5. The van der Waals surface area contributed by atoms with Crippen molar-refractivity contribution in [2.75, 3.05) is 0 Å². The smallest absolute Gasteiger partial charge is 0.268 e. The van der Waals surface area contributed by atoms with E-state index in [2.05, 4.69) is 20.1 Å². The van der Waals surface area contributed by atoms with Crippen LogP contribution in [0.15, 0.2) is 18.7 Å². The molecule has 0 radical (unpaired) electrons. The first kappa shape index (κ1) is 11.1. The van der Waals surface area contributed by atoms with E-state index in [9.17, 15) is 4.79 Å². The van der Waals surface area contributed by atoms with Crippen molar-refractivity contribution in [2.24, 2.45) is 11.5 Å². The van der Waals surface area contributed by atoms with Crippen LogP contribution >= 0.6 is 0 Å². The van der Waals surface area contributed by atoms with Crippen molar-refractivity contribution in [3.8, 4) is 5.82 Å². The number of nitrogens with zero attached hydrogens (tertiary/aromatic N) is 5. The van der Waals surface area contributed by atoms with Gasteiger partial charge in [-0.15, -0.1) is 0 Å². The van der Waals surface area contributed by atoms with Crippen molar-refractivity contribution in [3.63, 3.8) is 0 Å². The Kier molecular flexibility index (Phi) is 2.79. The second-order valence-corrected chi connectivity index (χ2v) is 3.44. The molecule has 0 bridgehead atoms. The summed E-state index contributed by atoms with van der Waals surface area (Å²) < 4.78 is 1.46. The van der Waals surface area contributed by atoms with Crippen LogP contribution in [0.1, 0.15) is 29.3 Å². The van der Waals surface area contributed by atoms with Gasteiger partial charge in [-0.25, -0.2) is 15.0 Å². The predicted molar refractivity (Wildman–Crippen MR) is 58.1 cm³/mol. The third-order valence-electron chi connectivity index (χ3n) is 2.09. The fourth-order valence-corrected chi connectivity index (χ4v) is 1.30. The van der Waals surface area contributed by atoms with E-state index in [-0.39, 0.29) is 11.7 Å². The monoisotopic (exact) mass is 233 g/mol. The molecule has 2 aromatic heterocycles. The highest BCUT2D eigenvalue weighted by Gasteiger charge is 2.12. The van der Waals surface area contributed by atoms with Gasteiger partial charge < -0.3 is 11.5 Å². The van der Waals surface area contributed by atoms with E-state index in [1.54, 1.807) is 6.92 Å². The number of primary amides is 1. The molecule has 0 spiro atoms. The zero-order valence-electron chi connectivity index (χ0n) is 9.11. The topological polar surface area (TPSA) is 126 Å². The molecule has 1 atom stereocenters. The zero-order chi connectivity index (χ0) is 12.4. The maximum Gasteiger partial charge on any atom is 0.268 e. The van der Waals surface area contributed by atoms with E-state index in [1.165, 1.54) is 23.4 Å². The first-order valence-electron chi connectivity index (χ1n) is 4.87. The lowest BCUT2D eigenvalue weighted by Gasteiger charge is -2.06. The Morgan fingerprint density at radius 1 is 1.35 bits per heavy atom. The Balaban J connectivity index is 2.40. The van der Waals surface area contributed by atoms with Crippen LogP contribution in [0, 0.1) is 0 Å².